The maximum Gasteiger partial charge on any atom is 0.123 e. The van der Waals surface area contributed by atoms with Gasteiger partial charge in [0.05, 0.1) is 27.0 Å². The molecule has 2 unspecified atom stereocenters. The Bertz CT molecular complexity index is 661. The van der Waals surface area contributed by atoms with E-state index in [4.69, 9.17) is 18.6 Å². The largest absolute Gasteiger partial charge is 0.237 e. The summed E-state index contributed by atoms with van der Waals surface area (Å²) < 4.78 is 45.8. The van der Waals surface area contributed by atoms with Crippen molar-refractivity contribution in [2.24, 2.45) is 0 Å². The molecule has 2 aromatic carbocycles. The summed E-state index contributed by atoms with van der Waals surface area (Å²) in [6.07, 6.45) is 1.02. The lowest BCUT2D eigenvalue weighted by molar-refractivity contribution is -1.92. The van der Waals surface area contributed by atoms with Gasteiger partial charge in [-0.15, -0.1) is 0 Å². The average Bonchev–Trinajstić information content (AvgIpc) is 2.84. The van der Waals surface area contributed by atoms with Crippen molar-refractivity contribution >= 4 is 0 Å². The van der Waals surface area contributed by atoms with Gasteiger partial charge in [0.2, 0.25) is 0 Å². The molecular formula is C17H20ClFN2O4. The maximum absolute atomic E-state index is 13.1. The van der Waals surface area contributed by atoms with E-state index in [1.54, 1.807) is 12.1 Å². The minimum absolute atomic E-state index is 0.178. The fraction of sp³-hybridized carbons (Fsp3) is 0.294. The van der Waals surface area contributed by atoms with Crippen LogP contribution in [0, 0.1) is 16.1 Å². The zero-order chi connectivity index (χ0) is 18.6. The SMILES string of the molecule is CN1C(c2ccccc2)CC(c2ccc(F)cc2)N1C.[O-][Cl+3]([O-])([O-])O. The third-order valence-corrected chi connectivity index (χ3v) is 4.29. The number of halogens is 2. The molecule has 0 radical (unpaired) electrons. The van der Waals surface area contributed by atoms with E-state index in [2.05, 4.69) is 48.4 Å². The van der Waals surface area contributed by atoms with E-state index in [-0.39, 0.29) is 5.82 Å². The first-order chi connectivity index (χ1) is 11.7. The number of hydrogen-bond acceptors (Lipinski definition) is 6. The van der Waals surface area contributed by atoms with E-state index in [1.165, 1.54) is 11.1 Å². The van der Waals surface area contributed by atoms with Crippen LogP contribution in [-0.2, 0) is 0 Å². The zero-order valence-corrected chi connectivity index (χ0v) is 14.6. The lowest BCUT2D eigenvalue weighted by Gasteiger charge is -2.28. The van der Waals surface area contributed by atoms with E-state index in [0.717, 1.165) is 6.42 Å². The molecule has 6 nitrogen and oxygen atoms in total. The van der Waals surface area contributed by atoms with Crippen molar-refractivity contribution in [1.29, 1.82) is 0 Å². The van der Waals surface area contributed by atoms with Crippen molar-refractivity contribution < 1.29 is 33.3 Å². The van der Waals surface area contributed by atoms with Gasteiger partial charge in [0.1, 0.15) is 5.82 Å². The molecule has 0 saturated carbocycles. The fourth-order valence-electron chi connectivity index (χ4n) is 3.02. The molecule has 2 atom stereocenters. The molecule has 2 aromatic rings. The van der Waals surface area contributed by atoms with Gasteiger partial charge < -0.3 is 0 Å². The molecule has 0 bridgehead atoms. The Balaban J connectivity index is 0.000000399. The highest BCUT2D eigenvalue weighted by Crippen LogP contribution is 2.41. The molecule has 136 valence electrons. The maximum atomic E-state index is 13.1. The standard InChI is InChI=1S/C17H19FN2.ClHO4/c1-19-16(13-6-4-3-5-7-13)12-17(20(19)2)14-8-10-15(18)11-9-14;2-1(3,4)5/h3-11,16-17H,12H2,1-2H3;(H,2,3,4,5). The predicted octanol–water partition coefficient (Wildman–Crippen LogP) is -0.334. The van der Waals surface area contributed by atoms with Crippen molar-refractivity contribution in [3.8, 4) is 0 Å². The average molecular weight is 371 g/mol. The van der Waals surface area contributed by atoms with Crippen LogP contribution in [0.3, 0.4) is 0 Å². The molecule has 1 aliphatic rings. The van der Waals surface area contributed by atoms with Crippen LogP contribution in [0.2, 0.25) is 0 Å². The molecule has 1 heterocycles. The highest BCUT2D eigenvalue weighted by atomic mass is 35.7. The summed E-state index contributed by atoms with van der Waals surface area (Å²) in [5, 5.41) is 4.51. The number of rotatable bonds is 2. The summed E-state index contributed by atoms with van der Waals surface area (Å²) in [4.78, 5) is 0. The van der Waals surface area contributed by atoms with Crippen LogP contribution in [-0.4, -0.2) is 28.8 Å². The Morgan fingerprint density at radius 1 is 0.880 bits per heavy atom. The van der Waals surface area contributed by atoms with E-state index in [0.29, 0.717) is 12.1 Å². The second-order valence-electron chi connectivity index (χ2n) is 5.77. The Labute approximate surface area is 148 Å². The molecule has 0 amide bonds. The molecule has 1 N–H and O–H groups in total. The Hall–Kier alpha value is -1.58. The molecule has 3 rings (SSSR count). The highest BCUT2D eigenvalue weighted by molar-refractivity contribution is 5.25. The Morgan fingerprint density at radius 3 is 1.72 bits per heavy atom. The summed E-state index contributed by atoms with van der Waals surface area (Å²) in [5.74, 6) is -0.178. The van der Waals surface area contributed by atoms with Gasteiger partial charge >= 0.3 is 0 Å². The Morgan fingerprint density at radius 2 is 1.28 bits per heavy atom. The smallest absolute Gasteiger partial charge is 0.123 e. The van der Waals surface area contributed by atoms with Crippen molar-refractivity contribution in [2.75, 3.05) is 14.1 Å². The van der Waals surface area contributed by atoms with Gasteiger partial charge in [-0.05, 0) is 29.7 Å². The number of hydrogen-bond donors (Lipinski definition) is 1. The normalized spacial score (nSPS) is 21.7. The molecule has 1 fully saturated rings. The molecule has 0 aliphatic carbocycles. The summed E-state index contributed by atoms with van der Waals surface area (Å²) in [6.45, 7) is 0. The lowest BCUT2D eigenvalue weighted by Crippen LogP contribution is -2.58. The molecule has 1 aliphatic heterocycles. The summed E-state index contributed by atoms with van der Waals surface area (Å²) >= 11 is 0. The minimum atomic E-state index is -4.69. The summed E-state index contributed by atoms with van der Waals surface area (Å²) in [5.41, 5.74) is 2.49. The van der Waals surface area contributed by atoms with Crippen LogP contribution in [0.1, 0.15) is 29.6 Å². The lowest BCUT2D eigenvalue weighted by atomic mass is 9.97. The van der Waals surface area contributed by atoms with Gasteiger partial charge in [0, 0.05) is 14.1 Å². The predicted molar refractivity (Wildman–Crippen MR) is 80.7 cm³/mol. The quantitative estimate of drug-likeness (QED) is 0.777. The molecule has 25 heavy (non-hydrogen) atoms. The summed E-state index contributed by atoms with van der Waals surface area (Å²) in [6, 6.07) is 18.1. The molecular weight excluding hydrogens is 351 g/mol. The first-order valence-corrected chi connectivity index (χ1v) is 8.82. The van der Waals surface area contributed by atoms with Gasteiger partial charge in [0.15, 0.2) is 0 Å². The van der Waals surface area contributed by atoms with E-state index in [1.807, 2.05) is 18.2 Å². The molecule has 0 aromatic heterocycles. The van der Waals surface area contributed by atoms with Gasteiger partial charge in [0.25, 0.3) is 0 Å². The number of hydrazine groups is 1. The Kier molecular flexibility index (Phi) is 6.47. The number of nitrogens with zero attached hydrogens (tertiary/aromatic N) is 2. The molecule has 8 heteroatoms. The van der Waals surface area contributed by atoms with Crippen molar-refractivity contribution in [1.82, 2.24) is 10.0 Å². The van der Waals surface area contributed by atoms with Crippen molar-refractivity contribution in [3.05, 3.63) is 71.5 Å². The van der Waals surface area contributed by atoms with Gasteiger partial charge in [-0.3, -0.25) is 0 Å². The second kappa shape index (κ2) is 8.20. The molecule has 1 saturated heterocycles. The minimum Gasteiger partial charge on any atom is -0.237 e. The van der Waals surface area contributed by atoms with E-state index < -0.39 is 10.2 Å². The van der Waals surface area contributed by atoms with Crippen LogP contribution in [0.5, 0.6) is 0 Å². The second-order valence-corrected chi connectivity index (χ2v) is 6.56. The summed E-state index contributed by atoms with van der Waals surface area (Å²) in [7, 11) is -0.488. The van der Waals surface area contributed by atoms with E-state index in [9.17, 15) is 4.39 Å². The van der Waals surface area contributed by atoms with Crippen LogP contribution >= 0.6 is 0 Å². The third kappa shape index (κ3) is 5.72. The third-order valence-electron chi connectivity index (χ3n) is 4.29. The first kappa shape index (κ1) is 19.7. The van der Waals surface area contributed by atoms with Crippen LogP contribution in [0.25, 0.3) is 0 Å². The zero-order valence-electron chi connectivity index (χ0n) is 13.9. The van der Waals surface area contributed by atoms with Crippen LogP contribution < -0.4 is 14.0 Å². The van der Waals surface area contributed by atoms with Crippen molar-refractivity contribution in [2.45, 2.75) is 18.5 Å². The van der Waals surface area contributed by atoms with E-state index >= 15 is 0 Å². The van der Waals surface area contributed by atoms with Gasteiger partial charge in [-0.1, -0.05) is 42.5 Å². The van der Waals surface area contributed by atoms with Gasteiger partial charge in [-0.2, -0.15) is 14.0 Å². The number of benzene rings is 2. The molecule has 0 spiro atoms. The fourth-order valence-corrected chi connectivity index (χ4v) is 3.02. The van der Waals surface area contributed by atoms with Crippen molar-refractivity contribution in [3.63, 3.8) is 0 Å². The van der Waals surface area contributed by atoms with Crippen LogP contribution in [0.4, 0.5) is 4.39 Å². The van der Waals surface area contributed by atoms with Crippen LogP contribution in [0.15, 0.2) is 54.6 Å². The first-order valence-electron chi connectivity index (χ1n) is 7.56. The topological polar surface area (TPSA) is 95.9 Å². The monoisotopic (exact) mass is 370 g/mol. The highest BCUT2D eigenvalue weighted by Gasteiger charge is 2.36. The van der Waals surface area contributed by atoms with Gasteiger partial charge in [-0.25, -0.2) is 14.4 Å².